The summed E-state index contributed by atoms with van der Waals surface area (Å²) in [5.41, 5.74) is 2.14. The monoisotopic (exact) mass is 414 g/mol. The topological polar surface area (TPSA) is 52.6 Å². The van der Waals surface area contributed by atoms with Crippen LogP contribution in [0.3, 0.4) is 0 Å². The SMILES string of the molecule is C=CC(=O)SCCOc1ccc(-c2ccc(OCCSC(=O)C=C)cc2)cc1. The van der Waals surface area contributed by atoms with E-state index in [1.807, 2.05) is 48.5 Å². The third kappa shape index (κ3) is 7.66. The Balaban J connectivity index is 1.79. The van der Waals surface area contributed by atoms with Crippen LogP contribution in [0.1, 0.15) is 0 Å². The molecule has 6 heteroatoms. The molecule has 0 heterocycles. The largest absolute Gasteiger partial charge is 0.493 e. The Morgan fingerprint density at radius 2 is 1.07 bits per heavy atom. The predicted octanol–water partition coefficient (Wildman–Crippen LogP) is 5.00. The molecular formula is C22H22O4S2. The number of hydrogen-bond acceptors (Lipinski definition) is 6. The Hall–Kier alpha value is -2.44. The van der Waals surface area contributed by atoms with E-state index in [1.165, 1.54) is 35.7 Å². The summed E-state index contributed by atoms with van der Waals surface area (Å²) in [4.78, 5) is 22.2. The summed E-state index contributed by atoms with van der Waals surface area (Å²) in [7, 11) is 0. The van der Waals surface area contributed by atoms with E-state index in [-0.39, 0.29) is 10.2 Å². The number of thioether (sulfide) groups is 2. The van der Waals surface area contributed by atoms with Crippen molar-refractivity contribution in [3.8, 4) is 22.6 Å². The lowest BCUT2D eigenvalue weighted by molar-refractivity contribution is -0.107. The van der Waals surface area contributed by atoms with E-state index in [0.29, 0.717) is 24.7 Å². The van der Waals surface area contributed by atoms with Crippen LogP contribution >= 0.6 is 23.5 Å². The van der Waals surface area contributed by atoms with Gasteiger partial charge < -0.3 is 9.47 Å². The van der Waals surface area contributed by atoms with E-state index in [4.69, 9.17) is 9.47 Å². The summed E-state index contributed by atoms with van der Waals surface area (Å²) in [6, 6.07) is 15.6. The van der Waals surface area contributed by atoms with Crippen molar-refractivity contribution in [1.29, 1.82) is 0 Å². The predicted molar refractivity (Wildman–Crippen MR) is 118 cm³/mol. The second-order valence-corrected chi connectivity index (χ2v) is 7.69. The van der Waals surface area contributed by atoms with Crippen LogP contribution in [0.15, 0.2) is 73.8 Å². The summed E-state index contributed by atoms with van der Waals surface area (Å²) < 4.78 is 11.3. The molecule has 4 nitrogen and oxygen atoms in total. The Labute approximate surface area is 174 Å². The van der Waals surface area contributed by atoms with Gasteiger partial charge in [0.05, 0.1) is 13.2 Å². The zero-order valence-corrected chi connectivity index (χ0v) is 17.1. The van der Waals surface area contributed by atoms with Crippen LogP contribution in [0, 0.1) is 0 Å². The highest BCUT2D eigenvalue weighted by atomic mass is 32.2. The number of hydrogen-bond donors (Lipinski definition) is 0. The summed E-state index contributed by atoms with van der Waals surface area (Å²) in [5.74, 6) is 2.71. The van der Waals surface area contributed by atoms with Gasteiger partial charge in [-0.3, -0.25) is 9.59 Å². The van der Waals surface area contributed by atoms with Crippen molar-refractivity contribution in [3.63, 3.8) is 0 Å². The van der Waals surface area contributed by atoms with Gasteiger partial charge in [-0.05, 0) is 47.5 Å². The highest BCUT2D eigenvalue weighted by Crippen LogP contribution is 2.25. The molecular weight excluding hydrogens is 392 g/mol. The number of carbonyl (C=O) groups excluding carboxylic acids is 2. The number of ether oxygens (including phenoxy) is 2. The molecule has 146 valence electrons. The van der Waals surface area contributed by atoms with Gasteiger partial charge in [-0.25, -0.2) is 0 Å². The minimum absolute atomic E-state index is 0.0459. The van der Waals surface area contributed by atoms with Crippen LogP contribution in [0.5, 0.6) is 11.5 Å². The smallest absolute Gasteiger partial charge is 0.211 e. The van der Waals surface area contributed by atoms with Crippen molar-refractivity contribution < 1.29 is 19.1 Å². The maximum absolute atomic E-state index is 11.1. The first-order chi connectivity index (χ1) is 13.6. The minimum atomic E-state index is -0.0459. The molecule has 0 aromatic heterocycles. The highest BCUT2D eigenvalue weighted by molar-refractivity contribution is 8.14. The lowest BCUT2D eigenvalue weighted by Gasteiger charge is -2.08. The van der Waals surface area contributed by atoms with Crippen LogP contribution in [-0.2, 0) is 9.59 Å². The number of rotatable bonds is 11. The van der Waals surface area contributed by atoms with Gasteiger partial charge in [0.1, 0.15) is 11.5 Å². The van der Waals surface area contributed by atoms with Crippen molar-refractivity contribution in [2.45, 2.75) is 0 Å². The molecule has 0 unspecified atom stereocenters. The maximum Gasteiger partial charge on any atom is 0.211 e. The quantitative estimate of drug-likeness (QED) is 0.381. The second-order valence-electron chi connectivity index (χ2n) is 5.49. The molecule has 0 atom stereocenters. The molecule has 0 saturated heterocycles. The maximum atomic E-state index is 11.1. The van der Waals surface area contributed by atoms with Crippen molar-refractivity contribution in [3.05, 3.63) is 73.8 Å². The lowest BCUT2D eigenvalue weighted by Crippen LogP contribution is -2.02. The average Bonchev–Trinajstić information content (AvgIpc) is 2.74. The Bertz CT molecular complexity index is 729. The molecule has 0 aliphatic carbocycles. The van der Waals surface area contributed by atoms with E-state index < -0.39 is 0 Å². The molecule has 0 aliphatic heterocycles. The van der Waals surface area contributed by atoms with Crippen LogP contribution in [0.2, 0.25) is 0 Å². The number of benzene rings is 2. The normalized spacial score (nSPS) is 10.1. The minimum Gasteiger partial charge on any atom is -0.493 e. The third-order valence-corrected chi connectivity index (χ3v) is 5.21. The molecule has 0 fully saturated rings. The Kier molecular flexibility index (Phi) is 9.45. The summed E-state index contributed by atoms with van der Waals surface area (Å²) in [6.45, 7) is 7.80. The number of carbonyl (C=O) groups is 2. The summed E-state index contributed by atoms with van der Waals surface area (Å²) >= 11 is 2.38. The second kappa shape index (κ2) is 12.1. The Morgan fingerprint density at radius 3 is 1.39 bits per heavy atom. The molecule has 2 aromatic rings. The standard InChI is InChI=1S/C22H22O4S2/c1-3-21(23)27-15-13-25-19-9-5-17(6-10-19)18-7-11-20(12-8-18)26-14-16-28-22(24)4-2/h3-12H,1-2,13-16H2. The van der Waals surface area contributed by atoms with Crippen molar-refractivity contribution >= 4 is 33.8 Å². The first-order valence-electron chi connectivity index (χ1n) is 8.67. The molecule has 2 aromatic carbocycles. The van der Waals surface area contributed by atoms with Gasteiger partial charge in [-0.1, -0.05) is 60.9 Å². The van der Waals surface area contributed by atoms with Crippen LogP contribution in [-0.4, -0.2) is 35.0 Å². The van der Waals surface area contributed by atoms with E-state index in [1.54, 1.807) is 0 Å². The van der Waals surface area contributed by atoms with Crippen molar-refractivity contribution in [1.82, 2.24) is 0 Å². The van der Waals surface area contributed by atoms with Crippen LogP contribution in [0.25, 0.3) is 11.1 Å². The van der Waals surface area contributed by atoms with Crippen molar-refractivity contribution in [2.75, 3.05) is 24.7 Å². The molecule has 0 radical (unpaired) electrons. The third-order valence-electron chi connectivity index (χ3n) is 3.57. The fourth-order valence-electron chi connectivity index (χ4n) is 2.21. The lowest BCUT2D eigenvalue weighted by atomic mass is 10.1. The van der Waals surface area contributed by atoms with E-state index in [9.17, 15) is 9.59 Å². The fraction of sp³-hybridized carbons (Fsp3) is 0.182. The molecule has 0 amide bonds. The zero-order valence-electron chi connectivity index (χ0n) is 15.5. The molecule has 2 rings (SSSR count). The van der Waals surface area contributed by atoms with Crippen molar-refractivity contribution in [2.24, 2.45) is 0 Å². The van der Waals surface area contributed by atoms with Crippen LogP contribution in [0.4, 0.5) is 0 Å². The van der Waals surface area contributed by atoms with Gasteiger partial charge in [-0.15, -0.1) is 0 Å². The van der Waals surface area contributed by atoms with Gasteiger partial charge in [0.2, 0.25) is 10.2 Å². The fourth-order valence-corrected chi connectivity index (χ4v) is 3.18. The molecule has 0 spiro atoms. The first-order valence-corrected chi connectivity index (χ1v) is 10.6. The van der Waals surface area contributed by atoms with E-state index in [2.05, 4.69) is 13.2 Å². The molecule has 0 bridgehead atoms. The molecule has 28 heavy (non-hydrogen) atoms. The van der Waals surface area contributed by atoms with Gasteiger partial charge in [0, 0.05) is 11.5 Å². The van der Waals surface area contributed by atoms with E-state index >= 15 is 0 Å². The molecule has 0 saturated carbocycles. The van der Waals surface area contributed by atoms with Crippen LogP contribution < -0.4 is 9.47 Å². The zero-order chi connectivity index (χ0) is 20.2. The van der Waals surface area contributed by atoms with Gasteiger partial charge in [0.15, 0.2) is 0 Å². The van der Waals surface area contributed by atoms with E-state index in [0.717, 1.165) is 22.6 Å². The first kappa shape index (κ1) is 21.9. The van der Waals surface area contributed by atoms with Gasteiger partial charge in [0.25, 0.3) is 0 Å². The van der Waals surface area contributed by atoms with Gasteiger partial charge >= 0.3 is 0 Å². The summed E-state index contributed by atoms with van der Waals surface area (Å²) in [6.07, 6.45) is 2.61. The summed E-state index contributed by atoms with van der Waals surface area (Å²) in [5, 5.41) is -0.0919. The average molecular weight is 415 g/mol. The Morgan fingerprint density at radius 1 is 0.714 bits per heavy atom. The highest BCUT2D eigenvalue weighted by Gasteiger charge is 2.02. The molecule has 0 N–H and O–H groups in total. The molecule has 0 aliphatic rings. The van der Waals surface area contributed by atoms with Gasteiger partial charge in [-0.2, -0.15) is 0 Å².